The van der Waals surface area contributed by atoms with Crippen molar-refractivity contribution in [1.82, 2.24) is 9.36 Å². The average Bonchev–Trinajstić information content (AvgIpc) is 3.49. The van der Waals surface area contributed by atoms with Gasteiger partial charge in [0.15, 0.2) is 4.32 Å². The summed E-state index contributed by atoms with van der Waals surface area (Å²) in [4.78, 5) is 57.2. The Hall–Kier alpha value is -4.74. The van der Waals surface area contributed by atoms with Crippen LogP contribution >= 0.6 is 24.0 Å². The van der Waals surface area contributed by atoms with Crippen LogP contribution in [0.15, 0.2) is 88.6 Å². The number of para-hydroxylation sites is 2. The van der Waals surface area contributed by atoms with E-state index in [1.54, 1.807) is 61.1 Å². The van der Waals surface area contributed by atoms with Crippen LogP contribution in [0, 0.1) is 13.8 Å². The molecule has 210 valence electrons. The first-order valence-electron chi connectivity index (χ1n) is 13.1. The lowest BCUT2D eigenvalue weighted by atomic mass is 10.1. The van der Waals surface area contributed by atoms with Crippen LogP contribution in [0.3, 0.4) is 0 Å². The van der Waals surface area contributed by atoms with Crippen molar-refractivity contribution in [3.63, 3.8) is 0 Å². The molecule has 0 aliphatic carbocycles. The fourth-order valence-electron chi connectivity index (χ4n) is 5.25. The molecule has 2 aliphatic heterocycles. The van der Waals surface area contributed by atoms with Crippen molar-refractivity contribution in [2.75, 3.05) is 21.7 Å². The number of aryl methyl sites for hydroxylation is 1. The molecular formula is C31H25N5O4S2. The lowest BCUT2D eigenvalue weighted by molar-refractivity contribution is -0.118. The van der Waals surface area contributed by atoms with Crippen LogP contribution in [0.5, 0.6) is 0 Å². The van der Waals surface area contributed by atoms with E-state index < -0.39 is 17.4 Å². The van der Waals surface area contributed by atoms with Crippen LogP contribution in [0.1, 0.15) is 16.8 Å². The van der Waals surface area contributed by atoms with Crippen LogP contribution in [0.2, 0.25) is 0 Å². The summed E-state index contributed by atoms with van der Waals surface area (Å²) in [6, 6.07) is 23.5. The lowest BCUT2D eigenvalue weighted by Gasteiger charge is -2.17. The van der Waals surface area contributed by atoms with Gasteiger partial charge in [-0.25, -0.2) is 4.68 Å². The van der Waals surface area contributed by atoms with Crippen LogP contribution in [0.25, 0.3) is 11.3 Å². The Morgan fingerprint density at radius 2 is 1.62 bits per heavy atom. The Morgan fingerprint density at radius 3 is 2.36 bits per heavy atom. The highest BCUT2D eigenvalue weighted by atomic mass is 32.2. The highest BCUT2D eigenvalue weighted by Crippen LogP contribution is 2.45. The third-order valence-corrected chi connectivity index (χ3v) is 8.64. The molecule has 0 saturated carbocycles. The smallest absolute Gasteiger partial charge is 0.296 e. The van der Waals surface area contributed by atoms with Gasteiger partial charge in [-0.05, 0) is 49.7 Å². The van der Waals surface area contributed by atoms with E-state index in [-0.39, 0.29) is 32.9 Å². The first-order valence-corrected chi connectivity index (χ1v) is 14.3. The van der Waals surface area contributed by atoms with Gasteiger partial charge in [-0.15, -0.1) is 0 Å². The molecule has 0 unspecified atom stereocenters. The normalized spacial score (nSPS) is 16.4. The predicted octanol–water partition coefficient (Wildman–Crippen LogP) is 4.55. The number of fused-ring (bicyclic) bond motifs is 1. The Kier molecular flexibility index (Phi) is 6.91. The van der Waals surface area contributed by atoms with Crippen molar-refractivity contribution < 1.29 is 14.4 Å². The van der Waals surface area contributed by atoms with Gasteiger partial charge < -0.3 is 5.32 Å². The first-order chi connectivity index (χ1) is 20.2. The van der Waals surface area contributed by atoms with Crippen molar-refractivity contribution in [1.29, 1.82) is 0 Å². The maximum Gasteiger partial charge on any atom is 0.296 e. The summed E-state index contributed by atoms with van der Waals surface area (Å²) < 4.78 is 3.29. The van der Waals surface area contributed by atoms with E-state index in [0.717, 1.165) is 17.3 Å². The van der Waals surface area contributed by atoms with E-state index in [1.807, 2.05) is 43.3 Å². The molecule has 3 amide bonds. The predicted molar refractivity (Wildman–Crippen MR) is 169 cm³/mol. The van der Waals surface area contributed by atoms with E-state index in [9.17, 15) is 19.2 Å². The van der Waals surface area contributed by atoms with Crippen molar-refractivity contribution in [3.8, 4) is 5.69 Å². The number of carbonyl (C=O) groups is 3. The summed E-state index contributed by atoms with van der Waals surface area (Å²) in [5.74, 6) is -1.42. The minimum absolute atomic E-state index is 0.118. The number of aromatic nitrogens is 2. The number of nitrogens with zero attached hydrogens (tertiary/aromatic N) is 4. The highest BCUT2D eigenvalue weighted by Gasteiger charge is 2.44. The van der Waals surface area contributed by atoms with Gasteiger partial charge in [0.2, 0.25) is 5.91 Å². The maximum absolute atomic E-state index is 14.0. The summed E-state index contributed by atoms with van der Waals surface area (Å²) in [5, 5.41) is 2.83. The third-order valence-electron chi connectivity index (χ3n) is 7.27. The number of hydrogen-bond acceptors (Lipinski definition) is 6. The zero-order valence-electron chi connectivity index (χ0n) is 23.0. The average molecular weight is 596 g/mol. The van der Waals surface area contributed by atoms with Crippen LogP contribution in [-0.2, 0) is 21.4 Å². The molecule has 0 bridgehead atoms. The number of nitrogens with one attached hydrogen (secondary N) is 1. The number of thiocarbonyl (C=S) groups is 1. The monoisotopic (exact) mass is 595 g/mol. The Bertz CT molecular complexity index is 1910. The first kappa shape index (κ1) is 27.4. The molecular weight excluding hydrogens is 571 g/mol. The van der Waals surface area contributed by atoms with Gasteiger partial charge >= 0.3 is 0 Å². The Labute approximate surface area is 251 Å². The SMILES string of the molecule is Cc1cccc(NC(=O)CN2C(=O)C(=C3SC(=S)N(c4c(C)n(C)n(-c5ccccc5)c4=O)C3=O)c3ccccc32)c1. The summed E-state index contributed by atoms with van der Waals surface area (Å²) in [6.07, 6.45) is 0. The molecule has 1 N–H and O–H groups in total. The van der Waals surface area contributed by atoms with E-state index in [0.29, 0.717) is 28.3 Å². The topological polar surface area (TPSA) is 96.7 Å². The Morgan fingerprint density at radius 1 is 0.905 bits per heavy atom. The van der Waals surface area contributed by atoms with E-state index in [4.69, 9.17) is 12.2 Å². The van der Waals surface area contributed by atoms with Crippen LogP contribution < -0.4 is 20.7 Å². The number of thioether (sulfide) groups is 1. The van der Waals surface area contributed by atoms with E-state index in [2.05, 4.69) is 5.32 Å². The van der Waals surface area contributed by atoms with Crippen LogP contribution in [-0.4, -0.2) is 38.0 Å². The fourth-order valence-corrected chi connectivity index (χ4v) is 6.59. The number of anilines is 3. The van der Waals surface area contributed by atoms with E-state index >= 15 is 0 Å². The molecule has 1 aromatic heterocycles. The number of amides is 3. The molecule has 0 radical (unpaired) electrons. The minimum atomic E-state index is -0.555. The number of carbonyl (C=O) groups excluding carboxylic acids is 3. The summed E-state index contributed by atoms with van der Waals surface area (Å²) in [5.41, 5.74) is 3.72. The van der Waals surface area contributed by atoms with Gasteiger partial charge in [0.25, 0.3) is 17.4 Å². The quantitative estimate of drug-likeness (QED) is 0.269. The minimum Gasteiger partial charge on any atom is -0.325 e. The maximum atomic E-state index is 14.0. The molecule has 11 heteroatoms. The van der Waals surface area contributed by atoms with Gasteiger partial charge in [0, 0.05) is 18.3 Å². The summed E-state index contributed by atoms with van der Waals surface area (Å²) >= 11 is 6.58. The molecule has 9 nitrogen and oxygen atoms in total. The fraction of sp³-hybridized carbons (Fsp3) is 0.129. The number of benzene rings is 3. The van der Waals surface area contributed by atoms with Crippen LogP contribution in [0.4, 0.5) is 17.1 Å². The highest BCUT2D eigenvalue weighted by molar-refractivity contribution is 8.27. The number of hydrogen-bond donors (Lipinski definition) is 1. The second kappa shape index (κ2) is 10.6. The largest absolute Gasteiger partial charge is 0.325 e. The summed E-state index contributed by atoms with van der Waals surface area (Å²) in [6.45, 7) is 3.42. The molecule has 1 fully saturated rings. The molecule has 0 spiro atoms. The van der Waals surface area contributed by atoms with Crippen molar-refractivity contribution >= 4 is 68.7 Å². The molecule has 4 aromatic rings. The molecule has 1 saturated heterocycles. The Balaban J connectivity index is 1.37. The van der Waals surface area contributed by atoms with Crippen molar-refractivity contribution in [2.24, 2.45) is 7.05 Å². The third kappa shape index (κ3) is 4.47. The zero-order chi connectivity index (χ0) is 29.7. The second-order valence-corrected chi connectivity index (χ2v) is 11.6. The van der Waals surface area contributed by atoms with Gasteiger partial charge in [0.05, 0.1) is 27.5 Å². The molecule has 2 aliphatic rings. The summed E-state index contributed by atoms with van der Waals surface area (Å²) in [7, 11) is 1.74. The number of rotatable bonds is 5. The van der Waals surface area contributed by atoms with Gasteiger partial charge in [0.1, 0.15) is 12.2 Å². The van der Waals surface area contributed by atoms with Crippen molar-refractivity contribution in [2.45, 2.75) is 13.8 Å². The van der Waals surface area contributed by atoms with Gasteiger partial charge in [-0.1, -0.05) is 72.5 Å². The molecule has 0 atom stereocenters. The zero-order valence-corrected chi connectivity index (χ0v) is 24.6. The standard InChI is InChI=1S/C31H25N5O4S2/c1-18-10-9-11-20(16-18)32-24(37)17-34-23-15-8-7-14-22(23)25(28(34)38)27-30(40)35(31(41)42-27)26-19(2)33(3)36(29(26)39)21-12-5-4-6-13-21/h4-16H,17H2,1-3H3,(H,32,37). The van der Waals surface area contributed by atoms with Gasteiger partial charge in [-0.3, -0.25) is 33.7 Å². The van der Waals surface area contributed by atoms with Crippen molar-refractivity contribution in [3.05, 3.63) is 111 Å². The molecule has 3 heterocycles. The van der Waals surface area contributed by atoms with Gasteiger partial charge in [-0.2, -0.15) is 0 Å². The molecule has 42 heavy (non-hydrogen) atoms. The van der Waals surface area contributed by atoms with E-state index in [1.165, 1.54) is 14.5 Å². The molecule has 6 rings (SSSR count). The second-order valence-electron chi connectivity index (χ2n) is 9.95. The lowest BCUT2D eigenvalue weighted by Crippen LogP contribution is -2.36. The molecule has 3 aromatic carbocycles.